The number of aliphatic hydroxyl groups excluding tert-OH is 1. The molecule has 0 spiro atoms. The molecule has 0 aromatic rings. The highest BCUT2D eigenvalue weighted by Gasteiger charge is 2.26. The van der Waals surface area contributed by atoms with Crippen molar-refractivity contribution in [2.24, 2.45) is 0 Å². The highest BCUT2D eigenvalue weighted by molar-refractivity contribution is 5.85. The van der Waals surface area contributed by atoms with E-state index in [9.17, 15) is 14.7 Å². The number of aliphatic hydroxyl groups is 1. The quantitative estimate of drug-likeness (QED) is 0.646. The van der Waals surface area contributed by atoms with Crippen molar-refractivity contribution >= 4 is 11.8 Å². The first kappa shape index (κ1) is 13.3. The third kappa shape index (κ3) is 3.96. The number of amides is 2. The van der Waals surface area contributed by atoms with Crippen LogP contribution >= 0.6 is 0 Å². The van der Waals surface area contributed by atoms with E-state index in [0.717, 1.165) is 25.8 Å². The highest BCUT2D eigenvalue weighted by Crippen LogP contribution is 2.18. The fourth-order valence-corrected chi connectivity index (χ4v) is 2.07. The van der Waals surface area contributed by atoms with Gasteiger partial charge in [-0.15, -0.1) is 0 Å². The number of β-amino-alcohol motifs (C(OH)–C–C–N with tert-alkyl or cyclic N) is 1. The molecule has 1 saturated carbocycles. The summed E-state index contributed by atoms with van der Waals surface area (Å²) in [5.41, 5.74) is 0. The van der Waals surface area contributed by atoms with Crippen LogP contribution in [0.4, 0.5) is 0 Å². The Balaban J connectivity index is 1.68. The fourth-order valence-electron chi connectivity index (χ4n) is 2.07. The lowest BCUT2D eigenvalue weighted by molar-refractivity contribution is -0.135. The Morgan fingerprint density at radius 3 is 2.67 bits per heavy atom. The van der Waals surface area contributed by atoms with Gasteiger partial charge in [0.1, 0.15) is 0 Å². The molecule has 0 aromatic carbocycles. The molecule has 2 N–H and O–H groups in total. The van der Waals surface area contributed by atoms with Gasteiger partial charge in [-0.25, -0.2) is 0 Å². The first-order chi connectivity index (χ1) is 8.54. The number of nitrogens with zero attached hydrogens (tertiary/aromatic N) is 2. The molecule has 2 aliphatic rings. The molecular formula is C12H21N3O3. The Kier molecular flexibility index (Phi) is 4.19. The van der Waals surface area contributed by atoms with E-state index in [1.165, 1.54) is 4.90 Å². The van der Waals surface area contributed by atoms with Crippen molar-refractivity contribution in [3.8, 4) is 0 Å². The normalized spacial score (nSPS) is 24.0. The van der Waals surface area contributed by atoms with Crippen LogP contribution < -0.4 is 5.32 Å². The minimum absolute atomic E-state index is 0.0740. The zero-order chi connectivity index (χ0) is 13.1. The lowest BCUT2D eigenvalue weighted by Crippen LogP contribution is -2.43. The summed E-state index contributed by atoms with van der Waals surface area (Å²) in [6.45, 7) is 1.69. The summed E-state index contributed by atoms with van der Waals surface area (Å²) in [4.78, 5) is 26.8. The largest absolute Gasteiger partial charge is 0.392 e. The zero-order valence-electron chi connectivity index (χ0n) is 10.8. The number of likely N-dealkylation sites (tertiary alicyclic amines) is 1. The summed E-state index contributed by atoms with van der Waals surface area (Å²) >= 11 is 0. The molecule has 2 amide bonds. The summed E-state index contributed by atoms with van der Waals surface area (Å²) in [5.74, 6) is -0.162. The van der Waals surface area contributed by atoms with Gasteiger partial charge in [-0.1, -0.05) is 0 Å². The van der Waals surface area contributed by atoms with Crippen molar-refractivity contribution in [2.75, 3.05) is 33.2 Å². The van der Waals surface area contributed by atoms with Gasteiger partial charge >= 0.3 is 0 Å². The third-order valence-electron chi connectivity index (χ3n) is 3.36. The molecule has 0 aromatic heterocycles. The average Bonchev–Trinajstić information content (AvgIpc) is 3.00. The van der Waals surface area contributed by atoms with E-state index in [1.807, 2.05) is 4.90 Å². The van der Waals surface area contributed by atoms with Crippen molar-refractivity contribution in [3.63, 3.8) is 0 Å². The van der Waals surface area contributed by atoms with Gasteiger partial charge < -0.3 is 15.3 Å². The lowest BCUT2D eigenvalue weighted by Gasteiger charge is -2.20. The topological polar surface area (TPSA) is 72.9 Å². The lowest BCUT2D eigenvalue weighted by atomic mass is 10.3. The summed E-state index contributed by atoms with van der Waals surface area (Å²) in [6.07, 6.45) is 2.50. The summed E-state index contributed by atoms with van der Waals surface area (Å²) < 4.78 is 0. The van der Waals surface area contributed by atoms with Gasteiger partial charge in [0, 0.05) is 26.2 Å². The smallest absolute Gasteiger partial charge is 0.239 e. The van der Waals surface area contributed by atoms with E-state index in [4.69, 9.17) is 0 Å². The van der Waals surface area contributed by atoms with Crippen molar-refractivity contribution < 1.29 is 14.7 Å². The van der Waals surface area contributed by atoms with Gasteiger partial charge in [0.15, 0.2) is 0 Å². The molecule has 1 aliphatic carbocycles. The first-order valence-corrected chi connectivity index (χ1v) is 6.48. The molecule has 102 valence electrons. The molecule has 1 atom stereocenters. The number of rotatable bonds is 5. The molecule has 2 fully saturated rings. The summed E-state index contributed by atoms with van der Waals surface area (Å²) in [7, 11) is 1.64. The van der Waals surface area contributed by atoms with Crippen molar-refractivity contribution in [1.82, 2.24) is 15.1 Å². The van der Waals surface area contributed by atoms with Gasteiger partial charge in [0.05, 0.1) is 19.2 Å². The maximum absolute atomic E-state index is 11.9. The minimum atomic E-state index is -0.318. The van der Waals surface area contributed by atoms with Crippen LogP contribution in [0.2, 0.25) is 0 Å². The number of nitrogens with one attached hydrogen (secondary N) is 1. The highest BCUT2D eigenvalue weighted by atomic mass is 16.3. The average molecular weight is 255 g/mol. The molecule has 1 heterocycles. The molecule has 0 radical (unpaired) electrons. The molecule has 0 bridgehead atoms. The molecular weight excluding hydrogens is 234 g/mol. The summed E-state index contributed by atoms with van der Waals surface area (Å²) in [6, 6.07) is 0.328. The minimum Gasteiger partial charge on any atom is -0.392 e. The van der Waals surface area contributed by atoms with Gasteiger partial charge in [-0.3, -0.25) is 14.5 Å². The maximum Gasteiger partial charge on any atom is 0.239 e. The Labute approximate surface area is 107 Å². The SMILES string of the molecule is CN(CC(=O)NC1CC1)C(=O)CN1CCC(O)C1. The molecule has 1 unspecified atom stereocenters. The van der Waals surface area contributed by atoms with E-state index in [2.05, 4.69) is 5.32 Å². The van der Waals surface area contributed by atoms with Crippen LogP contribution in [0, 0.1) is 0 Å². The second-order valence-corrected chi connectivity index (χ2v) is 5.27. The third-order valence-corrected chi connectivity index (χ3v) is 3.36. The van der Waals surface area contributed by atoms with Crippen molar-refractivity contribution in [2.45, 2.75) is 31.4 Å². The van der Waals surface area contributed by atoms with E-state index in [0.29, 0.717) is 12.6 Å². The summed E-state index contributed by atoms with van der Waals surface area (Å²) in [5, 5.41) is 12.2. The number of carbonyl (C=O) groups excluding carboxylic acids is 2. The van der Waals surface area contributed by atoms with E-state index in [1.54, 1.807) is 7.05 Å². The predicted molar refractivity (Wildman–Crippen MR) is 65.9 cm³/mol. The van der Waals surface area contributed by atoms with E-state index >= 15 is 0 Å². The standard InChI is InChI=1S/C12H21N3O3/c1-14(7-11(17)13-9-2-3-9)12(18)8-15-5-4-10(16)6-15/h9-10,16H,2-8H2,1H3,(H,13,17). The van der Waals surface area contributed by atoms with Crippen molar-refractivity contribution in [1.29, 1.82) is 0 Å². The van der Waals surface area contributed by atoms with Crippen LogP contribution in [-0.4, -0.2) is 72.1 Å². The van der Waals surface area contributed by atoms with Crippen LogP contribution in [0.25, 0.3) is 0 Å². The van der Waals surface area contributed by atoms with E-state index < -0.39 is 0 Å². The second kappa shape index (κ2) is 5.67. The van der Waals surface area contributed by atoms with Crippen molar-refractivity contribution in [3.05, 3.63) is 0 Å². The molecule has 2 rings (SSSR count). The second-order valence-electron chi connectivity index (χ2n) is 5.27. The zero-order valence-corrected chi connectivity index (χ0v) is 10.8. The number of likely N-dealkylation sites (N-methyl/N-ethyl adjacent to an activating group) is 1. The fraction of sp³-hybridized carbons (Fsp3) is 0.833. The molecule has 1 saturated heterocycles. The monoisotopic (exact) mass is 255 g/mol. The van der Waals surface area contributed by atoms with Crippen LogP contribution in [0.5, 0.6) is 0 Å². The number of carbonyl (C=O) groups is 2. The van der Waals surface area contributed by atoms with Crippen LogP contribution in [0.15, 0.2) is 0 Å². The van der Waals surface area contributed by atoms with E-state index in [-0.39, 0.29) is 31.0 Å². The van der Waals surface area contributed by atoms with Gasteiger partial charge in [0.25, 0.3) is 0 Å². The van der Waals surface area contributed by atoms with Crippen LogP contribution in [0.1, 0.15) is 19.3 Å². The number of hydrogen-bond donors (Lipinski definition) is 2. The Morgan fingerprint density at radius 2 is 2.11 bits per heavy atom. The van der Waals surface area contributed by atoms with Crippen LogP contribution in [0.3, 0.4) is 0 Å². The Bertz CT molecular complexity index is 331. The van der Waals surface area contributed by atoms with Gasteiger partial charge in [-0.05, 0) is 19.3 Å². The molecule has 6 nitrogen and oxygen atoms in total. The predicted octanol–water partition coefficient (Wildman–Crippen LogP) is -1.21. The molecule has 6 heteroatoms. The van der Waals surface area contributed by atoms with Gasteiger partial charge in [-0.2, -0.15) is 0 Å². The molecule has 1 aliphatic heterocycles. The Hall–Kier alpha value is -1.14. The Morgan fingerprint density at radius 1 is 1.39 bits per heavy atom. The van der Waals surface area contributed by atoms with Gasteiger partial charge in [0.2, 0.25) is 11.8 Å². The molecule has 18 heavy (non-hydrogen) atoms. The number of hydrogen-bond acceptors (Lipinski definition) is 4. The van der Waals surface area contributed by atoms with Crippen LogP contribution in [-0.2, 0) is 9.59 Å². The maximum atomic E-state index is 11.9. The first-order valence-electron chi connectivity index (χ1n) is 6.48.